The molecule has 5 rings (SSSR count). The summed E-state index contributed by atoms with van der Waals surface area (Å²) in [6.45, 7) is 0. The molecule has 0 spiro atoms. The first-order valence-electron chi connectivity index (χ1n) is 10.4. The number of carbonyl (C=O) groups is 1. The Kier molecular flexibility index (Phi) is 4.72. The van der Waals surface area contributed by atoms with Gasteiger partial charge in [0, 0.05) is 12.3 Å². The van der Waals surface area contributed by atoms with Crippen molar-refractivity contribution in [3.8, 4) is 0 Å². The Bertz CT molecular complexity index is 1200. The van der Waals surface area contributed by atoms with E-state index in [1.807, 2.05) is 0 Å². The van der Waals surface area contributed by atoms with E-state index in [1.54, 1.807) is 10.6 Å². The fraction of sp³-hybridized carbons (Fsp3) is 0.429. The second kappa shape index (κ2) is 7.35. The van der Waals surface area contributed by atoms with E-state index in [-0.39, 0.29) is 23.3 Å². The van der Waals surface area contributed by atoms with Crippen molar-refractivity contribution < 1.29 is 23.1 Å². The summed E-state index contributed by atoms with van der Waals surface area (Å²) < 4.78 is 42.1. The van der Waals surface area contributed by atoms with Gasteiger partial charge in [-0.15, -0.1) is 0 Å². The molecule has 0 radical (unpaired) electrons. The molecule has 1 aliphatic heterocycles. The lowest BCUT2D eigenvalue weighted by Crippen LogP contribution is -2.21. The van der Waals surface area contributed by atoms with E-state index in [9.17, 15) is 23.1 Å². The number of nitrogen functional groups attached to an aromatic ring is 1. The number of aromatic nitrogens is 4. The Morgan fingerprint density at radius 2 is 1.97 bits per heavy atom. The predicted octanol–water partition coefficient (Wildman–Crippen LogP) is 3.79. The van der Waals surface area contributed by atoms with Gasteiger partial charge in [0.2, 0.25) is 0 Å². The molecular formula is C21H21F3N6O2. The molecule has 1 aliphatic carbocycles. The Morgan fingerprint density at radius 1 is 1.22 bits per heavy atom. The number of hydrogen-bond acceptors (Lipinski definition) is 6. The van der Waals surface area contributed by atoms with Gasteiger partial charge in [-0.05, 0) is 37.3 Å². The lowest BCUT2D eigenvalue weighted by molar-refractivity contribution is -0.143. The van der Waals surface area contributed by atoms with E-state index in [0.29, 0.717) is 54.7 Å². The highest BCUT2D eigenvalue weighted by Crippen LogP contribution is 2.44. The zero-order chi connectivity index (χ0) is 22.6. The van der Waals surface area contributed by atoms with Crippen LogP contribution in [0.25, 0.3) is 5.52 Å². The molecule has 0 saturated heterocycles. The molecule has 1 unspecified atom stereocenters. The summed E-state index contributed by atoms with van der Waals surface area (Å²) in [5.74, 6) is -0.348. The lowest BCUT2D eigenvalue weighted by Gasteiger charge is -2.24. The van der Waals surface area contributed by atoms with Crippen LogP contribution in [0.4, 0.5) is 24.7 Å². The van der Waals surface area contributed by atoms with Crippen LogP contribution in [0.3, 0.4) is 0 Å². The first-order chi connectivity index (χ1) is 15.2. The first-order valence-corrected chi connectivity index (χ1v) is 10.4. The second-order valence-electron chi connectivity index (χ2n) is 8.39. The van der Waals surface area contributed by atoms with E-state index in [0.717, 1.165) is 6.07 Å². The van der Waals surface area contributed by atoms with Crippen molar-refractivity contribution >= 4 is 23.0 Å². The van der Waals surface area contributed by atoms with Crippen LogP contribution in [0.5, 0.6) is 0 Å². The van der Waals surface area contributed by atoms with Crippen LogP contribution < -0.4 is 11.1 Å². The molecule has 3 heterocycles. The molecule has 11 heteroatoms. The molecule has 1 atom stereocenters. The number of halogens is 3. The maximum Gasteiger partial charge on any atom is 0.418 e. The minimum absolute atomic E-state index is 0.0179. The van der Waals surface area contributed by atoms with Gasteiger partial charge in [0.1, 0.15) is 17.7 Å². The standard InChI is InChI=1S/C21H21F3N6O2/c22-21(23,24)13-3-1-2-12-8-14(28-15(12)13)16-17-18(25)26-9-27-30(17)19(29-16)10-4-6-11(7-5-10)20(31)32/h1-3,9-11,14,28H,4-8H2,(H,31,32)(H2,25,26,27). The maximum absolute atomic E-state index is 13.5. The average molecular weight is 446 g/mol. The highest BCUT2D eigenvalue weighted by molar-refractivity contribution is 5.73. The quantitative estimate of drug-likeness (QED) is 0.560. The Balaban J connectivity index is 1.53. The number of carboxylic acid groups (broad SMARTS) is 1. The molecule has 0 amide bonds. The molecule has 2 aromatic heterocycles. The lowest BCUT2D eigenvalue weighted by atomic mass is 9.82. The summed E-state index contributed by atoms with van der Waals surface area (Å²) >= 11 is 0. The van der Waals surface area contributed by atoms with Gasteiger partial charge >= 0.3 is 12.1 Å². The number of nitrogens with zero attached hydrogens (tertiary/aromatic N) is 4. The van der Waals surface area contributed by atoms with Gasteiger partial charge < -0.3 is 16.2 Å². The van der Waals surface area contributed by atoms with Crippen molar-refractivity contribution in [3.63, 3.8) is 0 Å². The Hall–Kier alpha value is -3.37. The Morgan fingerprint density at radius 3 is 2.66 bits per heavy atom. The molecule has 3 aromatic rings. The monoisotopic (exact) mass is 446 g/mol. The molecule has 1 fully saturated rings. The number of benzene rings is 1. The number of nitrogens with two attached hydrogens (primary N) is 1. The van der Waals surface area contributed by atoms with Gasteiger partial charge in [0.15, 0.2) is 5.82 Å². The third-order valence-corrected chi connectivity index (χ3v) is 6.48. The zero-order valence-electron chi connectivity index (χ0n) is 16.9. The summed E-state index contributed by atoms with van der Waals surface area (Å²) in [7, 11) is 0. The van der Waals surface area contributed by atoms with Gasteiger partial charge in [0.25, 0.3) is 0 Å². The molecular weight excluding hydrogens is 425 g/mol. The second-order valence-corrected chi connectivity index (χ2v) is 8.39. The number of carboxylic acids is 1. The largest absolute Gasteiger partial charge is 0.481 e. The summed E-state index contributed by atoms with van der Waals surface area (Å²) in [5, 5.41) is 16.6. The molecule has 32 heavy (non-hydrogen) atoms. The van der Waals surface area contributed by atoms with Gasteiger partial charge in [-0.2, -0.15) is 18.3 Å². The number of anilines is 2. The van der Waals surface area contributed by atoms with Crippen LogP contribution in [0.15, 0.2) is 24.5 Å². The van der Waals surface area contributed by atoms with Crippen molar-refractivity contribution in [2.45, 2.75) is 50.2 Å². The highest BCUT2D eigenvalue weighted by atomic mass is 19.4. The van der Waals surface area contributed by atoms with Crippen molar-refractivity contribution in [2.24, 2.45) is 5.92 Å². The normalized spacial score (nSPS) is 23.2. The van der Waals surface area contributed by atoms with Gasteiger partial charge in [-0.1, -0.05) is 12.1 Å². The molecule has 1 aromatic carbocycles. The zero-order valence-corrected chi connectivity index (χ0v) is 16.9. The fourth-order valence-corrected chi connectivity index (χ4v) is 4.90. The molecule has 168 valence electrons. The van der Waals surface area contributed by atoms with Crippen LogP contribution in [0.1, 0.15) is 60.3 Å². The molecule has 0 bridgehead atoms. The minimum atomic E-state index is -4.47. The van der Waals surface area contributed by atoms with Crippen LogP contribution in [-0.4, -0.2) is 30.7 Å². The van der Waals surface area contributed by atoms with Crippen LogP contribution in [-0.2, 0) is 17.4 Å². The number of imidazole rings is 1. The van der Waals surface area contributed by atoms with E-state index < -0.39 is 23.8 Å². The summed E-state index contributed by atoms with van der Waals surface area (Å²) in [5.41, 5.74) is 7.02. The van der Waals surface area contributed by atoms with Crippen molar-refractivity contribution in [3.05, 3.63) is 47.2 Å². The van der Waals surface area contributed by atoms with Gasteiger partial charge in [-0.3, -0.25) is 4.79 Å². The van der Waals surface area contributed by atoms with Crippen molar-refractivity contribution in [1.82, 2.24) is 19.6 Å². The van der Waals surface area contributed by atoms with Gasteiger partial charge in [0.05, 0.1) is 28.9 Å². The molecule has 1 saturated carbocycles. The summed E-state index contributed by atoms with van der Waals surface area (Å²) in [6.07, 6.45) is -0.491. The van der Waals surface area contributed by atoms with E-state index in [1.165, 1.54) is 12.4 Å². The topological polar surface area (TPSA) is 118 Å². The first kappa shape index (κ1) is 20.5. The number of aliphatic carboxylic acids is 1. The average Bonchev–Trinajstić information content (AvgIpc) is 3.35. The number of alkyl halides is 3. The van der Waals surface area contributed by atoms with E-state index in [2.05, 4.69) is 15.4 Å². The number of para-hydroxylation sites is 1. The fourth-order valence-electron chi connectivity index (χ4n) is 4.90. The molecule has 4 N–H and O–H groups in total. The van der Waals surface area contributed by atoms with E-state index >= 15 is 0 Å². The molecule has 2 aliphatic rings. The third-order valence-electron chi connectivity index (χ3n) is 6.48. The van der Waals surface area contributed by atoms with Crippen LogP contribution in [0.2, 0.25) is 0 Å². The molecule has 8 nitrogen and oxygen atoms in total. The van der Waals surface area contributed by atoms with Gasteiger partial charge in [-0.25, -0.2) is 14.5 Å². The number of hydrogen-bond donors (Lipinski definition) is 3. The Labute approximate surface area is 180 Å². The summed E-state index contributed by atoms with van der Waals surface area (Å²) in [6, 6.07) is 3.62. The highest BCUT2D eigenvalue weighted by Gasteiger charge is 2.39. The van der Waals surface area contributed by atoms with Crippen LogP contribution >= 0.6 is 0 Å². The SMILES string of the molecule is Nc1ncnn2c(C3CCC(C(=O)O)CC3)nc(C3Cc4cccc(C(F)(F)F)c4N3)c12. The minimum Gasteiger partial charge on any atom is -0.481 e. The maximum atomic E-state index is 13.5. The number of rotatable bonds is 3. The smallest absolute Gasteiger partial charge is 0.418 e. The van der Waals surface area contributed by atoms with Crippen LogP contribution in [0, 0.1) is 5.92 Å². The van der Waals surface area contributed by atoms with Crippen molar-refractivity contribution in [1.29, 1.82) is 0 Å². The van der Waals surface area contributed by atoms with E-state index in [4.69, 9.17) is 10.7 Å². The third kappa shape index (κ3) is 3.32. The number of fused-ring (bicyclic) bond motifs is 2. The summed E-state index contributed by atoms with van der Waals surface area (Å²) in [4.78, 5) is 20.1. The number of nitrogens with one attached hydrogen (secondary N) is 1. The predicted molar refractivity (Wildman–Crippen MR) is 109 cm³/mol. The van der Waals surface area contributed by atoms with Crippen molar-refractivity contribution in [2.75, 3.05) is 11.1 Å².